The van der Waals surface area contributed by atoms with Gasteiger partial charge in [0.25, 0.3) is 0 Å². The molecule has 3 aromatic rings. The third-order valence-electron chi connectivity index (χ3n) is 6.55. The number of aryl methyl sites for hydroxylation is 2. The van der Waals surface area contributed by atoms with Crippen LogP contribution in [0.15, 0.2) is 53.1 Å². The maximum atomic E-state index is 5.13. The standard InChI is InChI=1S/C29H37N7S/c1-7-16-30-26-21(6)34-28(25-20(5)31-18-32-27(25)23-12-13-23)35-29(26)36(19(4)8-2)33-17-22-10-14-24(15-11-22)37-9-3/h7,10-11,14-16,18-19,23,33H,1,8-9,12-13,17H2,2-6H3/t19-/m1/s1. The molecule has 0 saturated heterocycles. The lowest BCUT2D eigenvalue weighted by Gasteiger charge is -2.31. The minimum absolute atomic E-state index is 0.172. The SMILES string of the molecule is C=CC=Nc1c(C)nc(-c2c(C)ncnc2C2CC2)nc1N(NCc1ccc(SCC)cc1)[C@H](C)CC. The van der Waals surface area contributed by atoms with E-state index < -0.39 is 0 Å². The lowest BCUT2D eigenvalue weighted by molar-refractivity contribution is 0.518. The van der Waals surface area contributed by atoms with Crippen molar-refractivity contribution in [1.29, 1.82) is 0 Å². The van der Waals surface area contributed by atoms with E-state index in [1.54, 1.807) is 18.6 Å². The Labute approximate surface area is 225 Å². The van der Waals surface area contributed by atoms with E-state index in [0.717, 1.165) is 59.2 Å². The zero-order valence-corrected chi connectivity index (χ0v) is 23.3. The molecule has 1 aliphatic carbocycles. The number of hydrogen-bond acceptors (Lipinski definition) is 8. The molecule has 1 fully saturated rings. The summed E-state index contributed by atoms with van der Waals surface area (Å²) in [6.07, 6.45) is 8.25. The average Bonchev–Trinajstić information content (AvgIpc) is 3.74. The van der Waals surface area contributed by atoms with Gasteiger partial charge in [-0.2, -0.15) is 0 Å². The van der Waals surface area contributed by atoms with Gasteiger partial charge in [0.2, 0.25) is 0 Å². The lowest BCUT2D eigenvalue weighted by atomic mass is 10.1. The van der Waals surface area contributed by atoms with E-state index >= 15 is 0 Å². The van der Waals surface area contributed by atoms with E-state index in [9.17, 15) is 0 Å². The molecule has 1 aliphatic rings. The minimum Gasteiger partial charge on any atom is -0.287 e. The molecule has 2 heterocycles. The number of aliphatic imine (C=N–C) groups is 1. The van der Waals surface area contributed by atoms with E-state index in [4.69, 9.17) is 15.0 Å². The van der Waals surface area contributed by atoms with Gasteiger partial charge in [-0.25, -0.2) is 25.4 Å². The highest BCUT2D eigenvalue weighted by Crippen LogP contribution is 2.44. The summed E-state index contributed by atoms with van der Waals surface area (Å²) in [5.74, 6) is 2.93. The molecule has 0 unspecified atom stereocenters. The van der Waals surface area contributed by atoms with Gasteiger partial charge in [-0.3, -0.25) is 10.0 Å². The molecule has 194 valence electrons. The Bertz CT molecular complexity index is 1250. The van der Waals surface area contributed by atoms with Crippen LogP contribution >= 0.6 is 11.8 Å². The first-order chi connectivity index (χ1) is 18.0. The van der Waals surface area contributed by atoms with Crippen LogP contribution in [0.5, 0.6) is 0 Å². The van der Waals surface area contributed by atoms with Crippen molar-refractivity contribution in [3.63, 3.8) is 0 Å². The second-order valence-corrected chi connectivity index (χ2v) is 10.7. The number of hydrogen-bond donors (Lipinski definition) is 1. The first-order valence-corrected chi connectivity index (χ1v) is 14.0. The van der Waals surface area contributed by atoms with Gasteiger partial charge in [-0.15, -0.1) is 11.8 Å². The van der Waals surface area contributed by atoms with Crippen molar-refractivity contribution in [2.45, 2.75) is 77.3 Å². The van der Waals surface area contributed by atoms with Gasteiger partial charge in [-0.05, 0) is 63.5 Å². The maximum absolute atomic E-state index is 5.13. The van der Waals surface area contributed by atoms with Crippen LogP contribution in [0.25, 0.3) is 11.4 Å². The lowest BCUT2D eigenvalue weighted by Crippen LogP contribution is -2.44. The van der Waals surface area contributed by atoms with Gasteiger partial charge in [0, 0.05) is 29.6 Å². The molecule has 1 saturated carbocycles. The van der Waals surface area contributed by atoms with Crippen LogP contribution in [0.2, 0.25) is 0 Å². The van der Waals surface area contributed by atoms with Gasteiger partial charge in [-0.1, -0.05) is 38.6 Å². The minimum atomic E-state index is 0.172. The van der Waals surface area contributed by atoms with E-state index in [2.05, 4.69) is 72.0 Å². The predicted octanol–water partition coefficient (Wildman–Crippen LogP) is 6.74. The quantitative estimate of drug-likeness (QED) is 0.163. The van der Waals surface area contributed by atoms with Crippen molar-refractivity contribution in [1.82, 2.24) is 25.4 Å². The van der Waals surface area contributed by atoms with Gasteiger partial charge in [0.15, 0.2) is 11.6 Å². The predicted molar refractivity (Wildman–Crippen MR) is 155 cm³/mol. The van der Waals surface area contributed by atoms with Crippen molar-refractivity contribution >= 4 is 29.5 Å². The van der Waals surface area contributed by atoms with Gasteiger partial charge in [0.05, 0.1) is 22.6 Å². The van der Waals surface area contributed by atoms with Crippen LogP contribution in [0.4, 0.5) is 11.5 Å². The summed E-state index contributed by atoms with van der Waals surface area (Å²) in [6, 6.07) is 8.90. The molecule has 0 bridgehead atoms. The second-order valence-electron chi connectivity index (χ2n) is 9.35. The number of nitrogens with one attached hydrogen (secondary N) is 1. The number of thioether (sulfide) groups is 1. The number of allylic oxidation sites excluding steroid dienone is 1. The molecular formula is C29H37N7S. The topological polar surface area (TPSA) is 79.2 Å². The van der Waals surface area contributed by atoms with Crippen LogP contribution in [0, 0.1) is 13.8 Å². The van der Waals surface area contributed by atoms with Crippen molar-refractivity contribution in [3.8, 4) is 11.4 Å². The van der Waals surface area contributed by atoms with Crippen LogP contribution in [-0.2, 0) is 6.54 Å². The molecule has 0 radical (unpaired) electrons. The Hall–Kier alpha value is -3.10. The van der Waals surface area contributed by atoms with Crippen LogP contribution in [0.3, 0.4) is 0 Å². The largest absolute Gasteiger partial charge is 0.287 e. The molecule has 4 rings (SSSR count). The van der Waals surface area contributed by atoms with E-state index in [0.29, 0.717) is 18.3 Å². The van der Waals surface area contributed by atoms with Crippen molar-refractivity contribution in [2.24, 2.45) is 4.99 Å². The van der Waals surface area contributed by atoms with Crippen LogP contribution in [-0.4, -0.2) is 37.9 Å². The molecular weight excluding hydrogens is 478 g/mol. The van der Waals surface area contributed by atoms with E-state index in [1.807, 2.05) is 25.6 Å². The number of hydrazine groups is 1. The second kappa shape index (κ2) is 12.4. The number of nitrogens with zero attached hydrogens (tertiary/aromatic N) is 6. The van der Waals surface area contributed by atoms with Crippen molar-refractivity contribution in [3.05, 3.63) is 65.9 Å². The summed E-state index contributed by atoms with van der Waals surface area (Å²) in [6.45, 7) is 15.0. The zero-order chi connectivity index (χ0) is 26.4. The summed E-state index contributed by atoms with van der Waals surface area (Å²) < 4.78 is 0. The first kappa shape index (κ1) is 26.9. The highest BCUT2D eigenvalue weighted by molar-refractivity contribution is 7.99. The molecule has 1 atom stereocenters. The fourth-order valence-electron chi connectivity index (χ4n) is 4.21. The summed E-state index contributed by atoms with van der Waals surface area (Å²) >= 11 is 1.85. The summed E-state index contributed by atoms with van der Waals surface area (Å²) in [5, 5.41) is 2.14. The molecule has 8 heteroatoms. The third-order valence-corrected chi connectivity index (χ3v) is 7.44. The van der Waals surface area contributed by atoms with Crippen LogP contribution < -0.4 is 10.4 Å². The highest BCUT2D eigenvalue weighted by atomic mass is 32.2. The molecule has 0 amide bonds. The Morgan fingerprint density at radius 1 is 1.14 bits per heavy atom. The molecule has 1 N–H and O–H groups in total. The Morgan fingerprint density at radius 2 is 1.89 bits per heavy atom. The number of anilines is 1. The fourth-order valence-corrected chi connectivity index (χ4v) is 4.88. The maximum Gasteiger partial charge on any atom is 0.173 e. The average molecular weight is 516 g/mol. The molecule has 7 nitrogen and oxygen atoms in total. The van der Waals surface area contributed by atoms with Gasteiger partial charge < -0.3 is 0 Å². The molecule has 0 aliphatic heterocycles. The third kappa shape index (κ3) is 6.43. The van der Waals surface area contributed by atoms with Gasteiger partial charge in [0.1, 0.15) is 12.0 Å². The normalized spacial score (nSPS) is 14.2. The van der Waals surface area contributed by atoms with Crippen LogP contribution in [0.1, 0.15) is 68.6 Å². The first-order valence-electron chi connectivity index (χ1n) is 13.1. The van der Waals surface area contributed by atoms with Gasteiger partial charge >= 0.3 is 0 Å². The number of rotatable bonds is 12. The molecule has 1 aromatic carbocycles. The monoisotopic (exact) mass is 515 g/mol. The smallest absolute Gasteiger partial charge is 0.173 e. The molecule has 0 spiro atoms. The van der Waals surface area contributed by atoms with Crippen molar-refractivity contribution < 1.29 is 0 Å². The number of benzene rings is 1. The highest BCUT2D eigenvalue weighted by Gasteiger charge is 2.31. The summed E-state index contributed by atoms with van der Waals surface area (Å²) in [4.78, 5) is 25.1. The van der Waals surface area contributed by atoms with E-state index in [-0.39, 0.29) is 6.04 Å². The van der Waals surface area contributed by atoms with Crippen molar-refractivity contribution in [2.75, 3.05) is 10.8 Å². The zero-order valence-electron chi connectivity index (χ0n) is 22.5. The summed E-state index contributed by atoms with van der Waals surface area (Å²) in [5.41, 5.74) is 9.29. The molecule has 37 heavy (non-hydrogen) atoms. The molecule has 2 aromatic heterocycles. The van der Waals surface area contributed by atoms with E-state index in [1.165, 1.54) is 10.5 Å². The Balaban J connectivity index is 1.76. The fraction of sp³-hybridized carbons (Fsp3) is 0.414. The Kier molecular flexibility index (Phi) is 9.05. The summed E-state index contributed by atoms with van der Waals surface area (Å²) in [7, 11) is 0. The Morgan fingerprint density at radius 3 is 2.54 bits per heavy atom. The number of aromatic nitrogens is 4.